The molecule has 0 bridgehead atoms. The summed E-state index contributed by atoms with van der Waals surface area (Å²) < 4.78 is 13.9. The first kappa shape index (κ1) is 16.1. The van der Waals surface area contributed by atoms with Gasteiger partial charge in [-0.25, -0.2) is 4.39 Å². The van der Waals surface area contributed by atoms with Gasteiger partial charge in [-0.05, 0) is 37.1 Å². The number of amides is 1. The minimum Gasteiger partial charge on any atom is -0.382 e. The van der Waals surface area contributed by atoms with Crippen molar-refractivity contribution in [3.8, 4) is 0 Å². The van der Waals surface area contributed by atoms with Crippen LogP contribution in [0.5, 0.6) is 0 Å². The van der Waals surface area contributed by atoms with Gasteiger partial charge in [-0.2, -0.15) is 11.8 Å². The SMILES string of the molecule is CCCNc1c(F)cccc1C(=O)NCC1CCCCS1. The molecular formula is C16H23FN2OS. The highest BCUT2D eigenvalue weighted by molar-refractivity contribution is 7.99. The molecule has 1 saturated heterocycles. The number of hydrogen-bond donors (Lipinski definition) is 2. The van der Waals surface area contributed by atoms with Crippen molar-refractivity contribution >= 4 is 23.4 Å². The van der Waals surface area contributed by atoms with E-state index < -0.39 is 0 Å². The normalized spacial score (nSPS) is 18.3. The average molecular weight is 310 g/mol. The predicted octanol–water partition coefficient (Wildman–Crippen LogP) is 3.66. The fourth-order valence-electron chi connectivity index (χ4n) is 2.41. The van der Waals surface area contributed by atoms with E-state index in [9.17, 15) is 9.18 Å². The van der Waals surface area contributed by atoms with Crippen LogP contribution in [-0.4, -0.2) is 30.0 Å². The number of carbonyl (C=O) groups is 1. The highest BCUT2D eigenvalue weighted by Crippen LogP contribution is 2.25. The van der Waals surface area contributed by atoms with Crippen LogP contribution in [0.1, 0.15) is 43.0 Å². The molecule has 2 rings (SSSR count). The second-order valence-corrected chi connectivity index (χ2v) is 6.70. The lowest BCUT2D eigenvalue weighted by molar-refractivity contribution is 0.0954. The monoisotopic (exact) mass is 310 g/mol. The van der Waals surface area contributed by atoms with Crippen LogP contribution in [0.4, 0.5) is 10.1 Å². The van der Waals surface area contributed by atoms with Gasteiger partial charge in [0.15, 0.2) is 0 Å². The second kappa shape index (κ2) is 8.27. The zero-order chi connectivity index (χ0) is 15.1. The van der Waals surface area contributed by atoms with E-state index in [-0.39, 0.29) is 11.7 Å². The van der Waals surface area contributed by atoms with Crippen LogP contribution in [0.2, 0.25) is 0 Å². The van der Waals surface area contributed by atoms with Crippen molar-refractivity contribution in [1.82, 2.24) is 5.32 Å². The van der Waals surface area contributed by atoms with E-state index in [1.165, 1.54) is 24.7 Å². The number of nitrogens with one attached hydrogen (secondary N) is 2. The van der Waals surface area contributed by atoms with Crippen molar-refractivity contribution in [3.05, 3.63) is 29.6 Å². The average Bonchev–Trinajstić information content (AvgIpc) is 2.52. The Hall–Kier alpha value is -1.23. The molecule has 0 aliphatic carbocycles. The molecular weight excluding hydrogens is 287 g/mol. The molecule has 0 saturated carbocycles. The molecule has 1 aromatic rings. The molecule has 1 amide bonds. The number of hydrogen-bond acceptors (Lipinski definition) is 3. The van der Waals surface area contributed by atoms with E-state index in [1.54, 1.807) is 12.1 Å². The Morgan fingerprint density at radius 3 is 3.00 bits per heavy atom. The molecule has 2 N–H and O–H groups in total. The number of anilines is 1. The van der Waals surface area contributed by atoms with Crippen LogP contribution in [0.25, 0.3) is 0 Å². The van der Waals surface area contributed by atoms with Crippen molar-refractivity contribution in [2.45, 2.75) is 37.9 Å². The summed E-state index contributed by atoms with van der Waals surface area (Å²) in [6.07, 6.45) is 4.53. The van der Waals surface area contributed by atoms with E-state index in [0.29, 0.717) is 29.6 Å². The van der Waals surface area contributed by atoms with Gasteiger partial charge in [0.05, 0.1) is 11.3 Å². The summed E-state index contributed by atoms with van der Waals surface area (Å²) in [6.45, 7) is 3.32. The Bertz CT molecular complexity index is 475. The molecule has 3 nitrogen and oxygen atoms in total. The van der Waals surface area contributed by atoms with Gasteiger partial charge < -0.3 is 10.6 Å². The fraction of sp³-hybridized carbons (Fsp3) is 0.562. The smallest absolute Gasteiger partial charge is 0.253 e. The van der Waals surface area contributed by atoms with Gasteiger partial charge in [-0.3, -0.25) is 4.79 Å². The molecule has 1 fully saturated rings. The summed E-state index contributed by atoms with van der Waals surface area (Å²) in [5, 5.41) is 6.44. The first-order valence-corrected chi connectivity index (χ1v) is 8.69. The highest BCUT2D eigenvalue weighted by Gasteiger charge is 2.18. The van der Waals surface area contributed by atoms with Crippen molar-refractivity contribution in [1.29, 1.82) is 0 Å². The maximum Gasteiger partial charge on any atom is 0.253 e. The summed E-state index contributed by atoms with van der Waals surface area (Å²) in [5.41, 5.74) is 0.706. The van der Waals surface area contributed by atoms with E-state index in [2.05, 4.69) is 10.6 Å². The van der Waals surface area contributed by atoms with Gasteiger partial charge >= 0.3 is 0 Å². The van der Waals surface area contributed by atoms with Gasteiger partial charge in [-0.1, -0.05) is 19.4 Å². The predicted molar refractivity (Wildman–Crippen MR) is 87.6 cm³/mol. The zero-order valence-corrected chi connectivity index (χ0v) is 13.3. The summed E-state index contributed by atoms with van der Waals surface area (Å²) in [5.74, 6) is 0.603. The number of thioether (sulfide) groups is 1. The van der Waals surface area contributed by atoms with Gasteiger partial charge in [-0.15, -0.1) is 0 Å². The van der Waals surface area contributed by atoms with E-state index in [0.717, 1.165) is 12.8 Å². The first-order chi connectivity index (χ1) is 10.2. The number of carbonyl (C=O) groups excluding carboxylic acids is 1. The molecule has 1 unspecified atom stereocenters. The van der Waals surface area contributed by atoms with Gasteiger partial charge in [0.25, 0.3) is 5.91 Å². The Morgan fingerprint density at radius 2 is 2.29 bits per heavy atom. The van der Waals surface area contributed by atoms with E-state index in [4.69, 9.17) is 0 Å². The molecule has 1 aromatic carbocycles. The van der Waals surface area contributed by atoms with Crippen molar-refractivity contribution in [2.24, 2.45) is 0 Å². The molecule has 1 atom stereocenters. The molecule has 0 spiro atoms. The third kappa shape index (κ3) is 4.63. The molecule has 0 aromatic heterocycles. The van der Waals surface area contributed by atoms with Gasteiger partial charge in [0, 0.05) is 18.3 Å². The molecule has 5 heteroatoms. The Balaban J connectivity index is 1.98. The number of rotatable bonds is 6. The van der Waals surface area contributed by atoms with Crippen molar-refractivity contribution in [3.63, 3.8) is 0 Å². The maximum atomic E-state index is 13.9. The molecule has 116 valence electrons. The Morgan fingerprint density at radius 1 is 1.43 bits per heavy atom. The van der Waals surface area contributed by atoms with Crippen LogP contribution >= 0.6 is 11.8 Å². The lowest BCUT2D eigenvalue weighted by Gasteiger charge is -2.21. The van der Waals surface area contributed by atoms with Crippen LogP contribution in [0.15, 0.2) is 18.2 Å². The van der Waals surface area contributed by atoms with Gasteiger partial charge in [0.1, 0.15) is 5.82 Å². The minimum absolute atomic E-state index is 0.195. The summed E-state index contributed by atoms with van der Waals surface area (Å²) >= 11 is 1.92. The van der Waals surface area contributed by atoms with E-state index in [1.807, 2.05) is 18.7 Å². The third-order valence-corrected chi connectivity index (χ3v) is 4.97. The number of para-hydroxylation sites is 1. The van der Waals surface area contributed by atoms with Crippen LogP contribution in [-0.2, 0) is 0 Å². The summed E-state index contributed by atoms with van der Waals surface area (Å²) in [4.78, 5) is 12.3. The van der Waals surface area contributed by atoms with Crippen LogP contribution in [0, 0.1) is 5.82 Å². The largest absolute Gasteiger partial charge is 0.382 e. The number of benzene rings is 1. The topological polar surface area (TPSA) is 41.1 Å². The second-order valence-electron chi connectivity index (χ2n) is 5.29. The molecule has 1 aliphatic heterocycles. The summed E-state index contributed by atoms with van der Waals surface area (Å²) in [7, 11) is 0. The minimum atomic E-state index is -0.372. The van der Waals surface area contributed by atoms with E-state index >= 15 is 0 Å². The standard InChI is InChI=1S/C16H23FN2OS/c1-2-9-18-15-13(7-5-8-14(15)17)16(20)19-11-12-6-3-4-10-21-12/h5,7-8,12,18H,2-4,6,9-11H2,1H3,(H,19,20). The zero-order valence-electron chi connectivity index (χ0n) is 12.5. The van der Waals surface area contributed by atoms with Gasteiger partial charge in [0.2, 0.25) is 0 Å². The molecule has 1 aliphatic rings. The van der Waals surface area contributed by atoms with Crippen LogP contribution < -0.4 is 10.6 Å². The van der Waals surface area contributed by atoms with Crippen molar-refractivity contribution < 1.29 is 9.18 Å². The number of halogens is 1. The quantitative estimate of drug-likeness (QED) is 0.842. The maximum absolute atomic E-state index is 13.9. The Kier molecular flexibility index (Phi) is 6.36. The lowest BCUT2D eigenvalue weighted by atomic mass is 10.1. The molecule has 1 heterocycles. The van der Waals surface area contributed by atoms with Crippen LogP contribution in [0.3, 0.4) is 0 Å². The highest BCUT2D eigenvalue weighted by atomic mass is 32.2. The lowest BCUT2D eigenvalue weighted by Crippen LogP contribution is -2.32. The first-order valence-electron chi connectivity index (χ1n) is 7.64. The molecule has 0 radical (unpaired) electrons. The summed E-state index contributed by atoms with van der Waals surface area (Å²) in [6, 6.07) is 4.63. The fourth-order valence-corrected chi connectivity index (χ4v) is 3.65. The molecule has 21 heavy (non-hydrogen) atoms. The Labute approximate surface area is 130 Å². The van der Waals surface area contributed by atoms with Crippen molar-refractivity contribution in [2.75, 3.05) is 24.2 Å². The third-order valence-electron chi connectivity index (χ3n) is 3.57.